The highest BCUT2D eigenvalue weighted by Crippen LogP contribution is 2.24. The van der Waals surface area contributed by atoms with E-state index in [4.69, 9.17) is 10.5 Å². The Bertz CT molecular complexity index is 351. The molecule has 0 amide bonds. The molecule has 1 aromatic rings. The largest absolute Gasteiger partial charge is 0.379 e. The maximum Gasteiger partial charge on any atom is 0.125 e. The van der Waals surface area contributed by atoms with E-state index in [9.17, 15) is 4.39 Å². The highest BCUT2D eigenvalue weighted by atomic mass is 19.1. The van der Waals surface area contributed by atoms with E-state index >= 15 is 0 Å². The van der Waals surface area contributed by atoms with Crippen molar-refractivity contribution in [3.8, 4) is 0 Å². The van der Waals surface area contributed by atoms with Gasteiger partial charge in [0.2, 0.25) is 0 Å². The van der Waals surface area contributed by atoms with Crippen molar-refractivity contribution in [1.29, 1.82) is 0 Å². The van der Waals surface area contributed by atoms with Crippen molar-refractivity contribution in [3.05, 3.63) is 30.1 Å². The third kappa shape index (κ3) is 2.51. The monoisotopic (exact) mass is 224 g/mol. The zero-order valence-corrected chi connectivity index (χ0v) is 9.21. The molecule has 4 heteroatoms. The summed E-state index contributed by atoms with van der Waals surface area (Å²) in [4.78, 5) is 0. The quantitative estimate of drug-likeness (QED) is 0.822. The van der Waals surface area contributed by atoms with Crippen LogP contribution in [0.5, 0.6) is 0 Å². The van der Waals surface area contributed by atoms with Crippen molar-refractivity contribution in [2.75, 3.05) is 25.1 Å². The lowest BCUT2D eigenvalue weighted by Gasteiger charge is -2.37. The smallest absolute Gasteiger partial charge is 0.125 e. The predicted molar refractivity (Wildman–Crippen MR) is 61.9 cm³/mol. The minimum absolute atomic E-state index is 0.242. The highest BCUT2D eigenvalue weighted by Gasteiger charge is 2.31. The molecular formula is C12H17FN2O. The zero-order valence-electron chi connectivity index (χ0n) is 9.21. The molecule has 0 aromatic heterocycles. The maximum absolute atomic E-state index is 13.0. The van der Waals surface area contributed by atoms with Crippen LogP contribution in [-0.4, -0.2) is 25.3 Å². The Morgan fingerprint density at radius 2 is 2.38 bits per heavy atom. The fraction of sp³-hybridized carbons (Fsp3) is 0.500. The molecule has 88 valence electrons. The Balaban J connectivity index is 2.11. The van der Waals surface area contributed by atoms with Crippen molar-refractivity contribution in [3.63, 3.8) is 0 Å². The van der Waals surface area contributed by atoms with Crippen molar-refractivity contribution in [2.24, 2.45) is 5.73 Å². The molecule has 1 fully saturated rings. The summed E-state index contributed by atoms with van der Waals surface area (Å²) in [7, 11) is 0. The fourth-order valence-corrected chi connectivity index (χ4v) is 2.04. The van der Waals surface area contributed by atoms with Crippen LogP contribution in [0.25, 0.3) is 0 Å². The van der Waals surface area contributed by atoms with Gasteiger partial charge in [-0.25, -0.2) is 4.39 Å². The van der Waals surface area contributed by atoms with Gasteiger partial charge in [-0.15, -0.1) is 0 Å². The van der Waals surface area contributed by atoms with Crippen molar-refractivity contribution < 1.29 is 9.13 Å². The summed E-state index contributed by atoms with van der Waals surface area (Å²) in [6.45, 7) is 1.86. The molecule has 1 aliphatic rings. The molecule has 16 heavy (non-hydrogen) atoms. The zero-order chi connectivity index (χ0) is 11.4. The number of hydrogen-bond donors (Lipinski definition) is 2. The topological polar surface area (TPSA) is 47.3 Å². The minimum atomic E-state index is -0.244. The lowest BCUT2D eigenvalue weighted by molar-refractivity contribution is 0.0502. The summed E-state index contributed by atoms with van der Waals surface area (Å²) < 4.78 is 18.5. The molecule has 1 heterocycles. The summed E-state index contributed by atoms with van der Waals surface area (Å²) in [5.41, 5.74) is 6.30. The molecule has 0 spiro atoms. The Kier molecular flexibility index (Phi) is 3.41. The second-order valence-corrected chi connectivity index (χ2v) is 4.28. The number of rotatable bonds is 3. The first kappa shape index (κ1) is 11.4. The highest BCUT2D eigenvalue weighted by molar-refractivity contribution is 5.46. The molecule has 1 aliphatic heterocycles. The Hall–Kier alpha value is -1.13. The van der Waals surface area contributed by atoms with E-state index < -0.39 is 0 Å². The van der Waals surface area contributed by atoms with Crippen LogP contribution in [0.3, 0.4) is 0 Å². The van der Waals surface area contributed by atoms with Gasteiger partial charge in [0, 0.05) is 18.8 Å². The van der Waals surface area contributed by atoms with Crippen LogP contribution in [0.4, 0.5) is 10.1 Å². The third-order valence-corrected chi connectivity index (χ3v) is 2.95. The minimum Gasteiger partial charge on any atom is -0.379 e. The number of benzene rings is 1. The molecule has 0 aliphatic carbocycles. The van der Waals surface area contributed by atoms with E-state index in [1.165, 1.54) is 12.1 Å². The second kappa shape index (κ2) is 4.80. The number of anilines is 1. The molecule has 0 saturated carbocycles. The van der Waals surface area contributed by atoms with Gasteiger partial charge in [0.05, 0.1) is 12.1 Å². The van der Waals surface area contributed by atoms with E-state index in [2.05, 4.69) is 5.32 Å². The standard InChI is InChI=1S/C12H17FN2O/c13-10-3-1-4-11(7-10)15-12(8-14)5-2-6-16-9-12/h1,3-4,7,15H,2,5-6,8-9,14H2. The third-order valence-electron chi connectivity index (χ3n) is 2.95. The number of nitrogens with two attached hydrogens (primary N) is 1. The summed E-state index contributed by atoms with van der Waals surface area (Å²) in [6, 6.07) is 6.43. The molecule has 0 radical (unpaired) electrons. The average molecular weight is 224 g/mol. The molecular weight excluding hydrogens is 207 g/mol. The summed E-state index contributed by atoms with van der Waals surface area (Å²) in [5.74, 6) is -0.242. The SMILES string of the molecule is NCC1(Nc2cccc(F)c2)CCCOC1. The number of hydrogen-bond acceptors (Lipinski definition) is 3. The number of halogens is 1. The first-order valence-electron chi connectivity index (χ1n) is 5.56. The Morgan fingerprint density at radius 1 is 1.50 bits per heavy atom. The van der Waals surface area contributed by atoms with Gasteiger partial charge in [0.1, 0.15) is 5.82 Å². The van der Waals surface area contributed by atoms with E-state index in [0.29, 0.717) is 13.2 Å². The van der Waals surface area contributed by atoms with Crippen LogP contribution in [0.1, 0.15) is 12.8 Å². The summed E-state index contributed by atoms with van der Waals surface area (Å²) in [5, 5.41) is 3.29. The molecule has 3 N–H and O–H groups in total. The lowest BCUT2D eigenvalue weighted by Crippen LogP contribution is -2.51. The van der Waals surface area contributed by atoms with Gasteiger partial charge in [0.25, 0.3) is 0 Å². The van der Waals surface area contributed by atoms with Gasteiger partial charge in [-0.2, -0.15) is 0 Å². The fourth-order valence-electron chi connectivity index (χ4n) is 2.04. The van der Waals surface area contributed by atoms with E-state index in [1.807, 2.05) is 6.07 Å². The van der Waals surface area contributed by atoms with Gasteiger partial charge in [0.15, 0.2) is 0 Å². The summed E-state index contributed by atoms with van der Waals surface area (Å²) >= 11 is 0. The van der Waals surface area contributed by atoms with E-state index in [0.717, 1.165) is 25.1 Å². The Morgan fingerprint density at radius 3 is 3.00 bits per heavy atom. The van der Waals surface area contributed by atoms with Crippen LogP contribution in [0.2, 0.25) is 0 Å². The predicted octanol–water partition coefficient (Wildman–Crippen LogP) is 1.75. The molecule has 0 bridgehead atoms. The summed E-state index contributed by atoms with van der Waals surface area (Å²) in [6.07, 6.45) is 1.94. The van der Waals surface area contributed by atoms with Gasteiger partial charge >= 0.3 is 0 Å². The van der Waals surface area contributed by atoms with Gasteiger partial charge in [-0.3, -0.25) is 0 Å². The van der Waals surface area contributed by atoms with E-state index in [-0.39, 0.29) is 11.4 Å². The number of ether oxygens (including phenoxy) is 1. The van der Waals surface area contributed by atoms with Crippen molar-refractivity contribution >= 4 is 5.69 Å². The van der Waals surface area contributed by atoms with Crippen LogP contribution < -0.4 is 11.1 Å². The van der Waals surface area contributed by atoms with Crippen molar-refractivity contribution in [2.45, 2.75) is 18.4 Å². The van der Waals surface area contributed by atoms with Crippen LogP contribution in [0.15, 0.2) is 24.3 Å². The molecule has 3 nitrogen and oxygen atoms in total. The molecule has 2 rings (SSSR count). The van der Waals surface area contributed by atoms with Gasteiger partial charge in [-0.05, 0) is 31.0 Å². The van der Waals surface area contributed by atoms with Crippen molar-refractivity contribution in [1.82, 2.24) is 0 Å². The first-order chi connectivity index (χ1) is 7.74. The average Bonchev–Trinajstić information content (AvgIpc) is 2.30. The van der Waals surface area contributed by atoms with Crippen LogP contribution in [-0.2, 0) is 4.74 Å². The first-order valence-corrected chi connectivity index (χ1v) is 5.56. The lowest BCUT2D eigenvalue weighted by atomic mass is 9.92. The van der Waals surface area contributed by atoms with Crippen LogP contribution in [0, 0.1) is 5.82 Å². The van der Waals surface area contributed by atoms with Crippen LogP contribution >= 0.6 is 0 Å². The Labute approximate surface area is 94.8 Å². The van der Waals surface area contributed by atoms with E-state index in [1.54, 1.807) is 6.07 Å². The normalized spacial score (nSPS) is 25.4. The number of nitrogens with one attached hydrogen (secondary N) is 1. The molecule has 1 atom stereocenters. The maximum atomic E-state index is 13.0. The molecule has 1 unspecified atom stereocenters. The van der Waals surface area contributed by atoms with Gasteiger partial charge in [-0.1, -0.05) is 6.07 Å². The second-order valence-electron chi connectivity index (χ2n) is 4.28. The molecule has 1 aromatic carbocycles. The molecule has 1 saturated heterocycles. The van der Waals surface area contributed by atoms with Gasteiger partial charge < -0.3 is 15.8 Å².